The van der Waals surface area contributed by atoms with Gasteiger partial charge in [-0.3, -0.25) is 0 Å². The number of rotatable bonds is 8. The van der Waals surface area contributed by atoms with Crippen LogP contribution in [0.5, 0.6) is 0 Å². The van der Waals surface area contributed by atoms with Crippen molar-refractivity contribution in [1.29, 1.82) is 0 Å². The highest BCUT2D eigenvalue weighted by atomic mass is 16.3. The summed E-state index contributed by atoms with van der Waals surface area (Å²) in [5.41, 5.74) is 6.76. The molecule has 0 fully saturated rings. The van der Waals surface area contributed by atoms with Gasteiger partial charge in [-0.15, -0.1) is 0 Å². The number of nitrogen functional groups attached to an aromatic ring is 1. The molecule has 134 valence electrons. The fraction of sp³-hybridized carbons (Fsp3) is 0.647. The number of hydrogen-bond donors (Lipinski definition) is 3. The maximum absolute atomic E-state index is 10.0. The molecule has 0 radical (unpaired) electrons. The van der Waals surface area contributed by atoms with Gasteiger partial charge in [0.15, 0.2) is 5.82 Å². The van der Waals surface area contributed by atoms with Crippen molar-refractivity contribution in [3.63, 3.8) is 0 Å². The minimum Gasteiger partial charge on any atom is -0.389 e. The van der Waals surface area contributed by atoms with Crippen LogP contribution in [0.3, 0.4) is 0 Å². The van der Waals surface area contributed by atoms with Gasteiger partial charge in [0.2, 0.25) is 0 Å². The zero-order valence-electron chi connectivity index (χ0n) is 15.4. The van der Waals surface area contributed by atoms with Crippen LogP contribution >= 0.6 is 0 Å². The fourth-order valence-corrected chi connectivity index (χ4v) is 2.52. The van der Waals surface area contributed by atoms with Gasteiger partial charge in [-0.05, 0) is 47.7 Å². The Hall–Kier alpha value is -1.86. The van der Waals surface area contributed by atoms with E-state index in [0.29, 0.717) is 23.9 Å². The third-order valence-electron chi connectivity index (χ3n) is 4.07. The first kappa shape index (κ1) is 18.5. The molecular weight excluding hydrogens is 304 g/mol. The highest BCUT2D eigenvalue weighted by Crippen LogP contribution is 2.23. The highest BCUT2D eigenvalue weighted by Gasteiger charge is 2.17. The van der Waals surface area contributed by atoms with E-state index in [2.05, 4.69) is 41.1 Å². The molecule has 0 aliphatic carbocycles. The molecule has 0 saturated heterocycles. The third kappa shape index (κ3) is 4.82. The number of aromatic nitrogens is 3. The van der Waals surface area contributed by atoms with Crippen LogP contribution in [0.1, 0.15) is 34.1 Å². The van der Waals surface area contributed by atoms with E-state index < -0.39 is 5.60 Å². The molecule has 0 aromatic carbocycles. The summed E-state index contributed by atoms with van der Waals surface area (Å²) in [4.78, 5) is 11.0. The van der Waals surface area contributed by atoms with Crippen molar-refractivity contribution in [2.24, 2.45) is 0 Å². The van der Waals surface area contributed by atoms with Crippen LogP contribution in [-0.2, 0) is 6.54 Å². The lowest BCUT2D eigenvalue weighted by Gasteiger charge is -2.21. The lowest BCUT2D eigenvalue weighted by Crippen LogP contribution is -2.28. The number of nitrogens with zero attached hydrogens (tertiary/aromatic N) is 4. The summed E-state index contributed by atoms with van der Waals surface area (Å²) in [6.45, 7) is 10.2. The second-order valence-corrected chi connectivity index (χ2v) is 7.30. The van der Waals surface area contributed by atoms with Crippen molar-refractivity contribution in [2.45, 2.75) is 52.3 Å². The van der Waals surface area contributed by atoms with Gasteiger partial charge in [0, 0.05) is 18.7 Å². The Balaban J connectivity index is 2.07. The summed E-state index contributed by atoms with van der Waals surface area (Å²) in [5, 5.41) is 13.4. The minimum atomic E-state index is -0.819. The molecule has 0 amide bonds. The van der Waals surface area contributed by atoms with E-state index in [1.165, 1.54) is 0 Å². The second kappa shape index (κ2) is 7.36. The topological polar surface area (TPSA) is 92.2 Å². The van der Waals surface area contributed by atoms with Gasteiger partial charge in [0.05, 0.1) is 24.0 Å². The van der Waals surface area contributed by atoms with Crippen LogP contribution in [0.4, 0.5) is 11.6 Å². The Morgan fingerprint density at radius 3 is 2.75 bits per heavy atom. The third-order valence-corrected chi connectivity index (χ3v) is 4.07. The van der Waals surface area contributed by atoms with E-state index in [0.717, 1.165) is 30.8 Å². The van der Waals surface area contributed by atoms with Gasteiger partial charge >= 0.3 is 0 Å². The van der Waals surface area contributed by atoms with Crippen LogP contribution in [0.15, 0.2) is 12.4 Å². The van der Waals surface area contributed by atoms with Crippen LogP contribution in [-0.4, -0.2) is 56.3 Å². The summed E-state index contributed by atoms with van der Waals surface area (Å²) in [6.07, 6.45) is 2.72. The molecule has 2 aromatic heterocycles. The molecule has 0 spiro atoms. The molecule has 0 atom stereocenters. The first-order chi connectivity index (χ1) is 11.2. The molecule has 0 saturated carbocycles. The predicted octanol–water partition coefficient (Wildman–Crippen LogP) is 1.93. The molecule has 0 aliphatic rings. The molecule has 0 bridgehead atoms. The molecule has 4 N–H and O–H groups in total. The summed E-state index contributed by atoms with van der Waals surface area (Å²) in [7, 11) is 2.13. The SMILES string of the molecule is CC(C)N(C)CCCNc1cc2c(ncn2CC(C)(C)O)c(N)n1. The Bertz CT molecular complexity index is 674. The van der Waals surface area contributed by atoms with Gasteiger partial charge in [-0.1, -0.05) is 0 Å². The lowest BCUT2D eigenvalue weighted by molar-refractivity contribution is 0.0626. The van der Waals surface area contributed by atoms with E-state index >= 15 is 0 Å². The van der Waals surface area contributed by atoms with Gasteiger partial charge in [0.1, 0.15) is 11.3 Å². The second-order valence-electron chi connectivity index (χ2n) is 7.30. The summed E-state index contributed by atoms with van der Waals surface area (Å²) in [5.74, 6) is 1.15. The fourth-order valence-electron chi connectivity index (χ4n) is 2.52. The Kier molecular flexibility index (Phi) is 5.66. The van der Waals surface area contributed by atoms with E-state index in [4.69, 9.17) is 5.73 Å². The maximum Gasteiger partial charge on any atom is 0.154 e. The first-order valence-corrected chi connectivity index (χ1v) is 8.45. The van der Waals surface area contributed by atoms with Gasteiger partial charge < -0.3 is 25.6 Å². The van der Waals surface area contributed by atoms with E-state index in [1.807, 2.05) is 10.6 Å². The number of hydrogen-bond acceptors (Lipinski definition) is 6. The number of aliphatic hydroxyl groups is 1. The maximum atomic E-state index is 10.0. The summed E-state index contributed by atoms with van der Waals surface area (Å²) >= 11 is 0. The standard InChI is InChI=1S/C17H30N6O/c1-12(2)22(5)8-6-7-19-14-9-13-15(16(18)21-14)20-11-23(13)10-17(3,4)24/h9,11-12,24H,6-8,10H2,1-5H3,(H3,18,19,21). The van der Waals surface area contributed by atoms with Crippen LogP contribution in [0.2, 0.25) is 0 Å². The molecule has 2 aromatic rings. The number of nitrogens with two attached hydrogens (primary N) is 1. The van der Waals surface area contributed by atoms with Crippen molar-refractivity contribution in [3.8, 4) is 0 Å². The lowest BCUT2D eigenvalue weighted by atomic mass is 10.1. The van der Waals surface area contributed by atoms with Crippen molar-refractivity contribution in [1.82, 2.24) is 19.4 Å². The zero-order valence-corrected chi connectivity index (χ0v) is 15.4. The number of anilines is 2. The van der Waals surface area contributed by atoms with E-state index in [-0.39, 0.29) is 0 Å². The first-order valence-electron chi connectivity index (χ1n) is 8.45. The van der Waals surface area contributed by atoms with E-state index in [1.54, 1.807) is 20.2 Å². The quantitative estimate of drug-likeness (QED) is 0.639. The van der Waals surface area contributed by atoms with Crippen molar-refractivity contribution >= 4 is 22.7 Å². The number of fused-ring (bicyclic) bond motifs is 1. The van der Waals surface area contributed by atoms with Crippen molar-refractivity contribution < 1.29 is 5.11 Å². The zero-order chi connectivity index (χ0) is 17.9. The van der Waals surface area contributed by atoms with Crippen molar-refractivity contribution in [2.75, 3.05) is 31.2 Å². The number of imidazole rings is 1. The van der Waals surface area contributed by atoms with Gasteiger partial charge in [-0.25, -0.2) is 9.97 Å². The van der Waals surface area contributed by atoms with Gasteiger partial charge in [-0.2, -0.15) is 0 Å². The molecule has 24 heavy (non-hydrogen) atoms. The molecule has 0 aliphatic heterocycles. The molecule has 0 unspecified atom stereocenters. The monoisotopic (exact) mass is 334 g/mol. The minimum absolute atomic E-state index is 0.406. The largest absolute Gasteiger partial charge is 0.389 e. The summed E-state index contributed by atoms with van der Waals surface area (Å²) in [6, 6.07) is 2.49. The number of pyridine rings is 1. The molecule has 7 nitrogen and oxygen atoms in total. The Labute approximate surface area is 143 Å². The number of nitrogens with one attached hydrogen (secondary N) is 1. The van der Waals surface area contributed by atoms with Crippen LogP contribution in [0, 0.1) is 0 Å². The molecule has 7 heteroatoms. The molecule has 2 heterocycles. The highest BCUT2D eigenvalue weighted by molar-refractivity contribution is 5.87. The van der Waals surface area contributed by atoms with Crippen LogP contribution in [0.25, 0.3) is 11.0 Å². The Morgan fingerprint density at radius 2 is 2.12 bits per heavy atom. The summed E-state index contributed by atoms with van der Waals surface area (Å²) < 4.78 is 1.91. The normalized spacial score (nSPS) is 12.5. The van der Waals surface area contributed by atoms with Crippen LogP contribution < -0.4 is 11.1 Å². The van der Waals surface area contributed by atoms with Gasteiger partial charge in [0.25, 0.3) is 0 Å². The van der Waals surface area contributed by atoms with E-state index in [9.17, 15) is 5.11 Å². The predicted molar refractivity (Wildman–Crippen MR) is 99.1 cm³/mol. The van der Waals surface area contributed by atoms with Crippen molar-refractivity contribution in [3.05, 3.63) is 12.4 Å². The Morgan fingerprint density at radius 1 is 1.42 bits per heavy atom. The smallest absolute Gasteiger partial charge is 0.154 e. The average Bonchev–Trinajstić information content (AvgIpc) is 2.85. The average molecular weight is 334 g/mol. The molecular formula is C17H30N6O. The molecule has 2 rings (SSSR count).